The third-order valence-corrected chi connectivity index (χ3v) is 2.68. The fraction of sp³-hybridized carbons (Fsp3) is 0.133. The van der Waals surface area contributed by atoms with Crippen LogP contribution in [0.2, 0.25) is 0 Å². The van der Waals surface area contributed by atoms with Crippen molar-refractivity contribution in [2.24, 2.45) is 0 Å². The van der Waals surface area contributed by atoms with Crippen molar-refractivity contribution in [1.82, 2.24) is 0 Å². The van der Waals surface area contributed by atoms with Gasteiger partial charge in [0.25, 0.3) is 0 Å². The smallest absolute Gasteiger partial charge is 0.177 e. The zero-order valence-corrected chi connectivity index (χ0v) is 10.3. The van der Waals surface area contributed by atoms with E-state index in [2.05, 4.69) is 0 Å². The van der Waals surface area contributed by atoms with Gasteiger partial charge in [0.2, 0.25) is 0 Å². The van der Waals surface area contributed by atoms with Crippen LogP contribution in [0.1, 0.15) is 12.5 Å². The molecule has 2 rings (SSSR count). The Morgan fingerprint density at radius 3 is 2.32 bits per heavy atom. The summed E-state index contributed by atoms with van der Waals surface area (Å²) in [6, 6.07) is 10.9. The molecule has 19 heavy (non-hydrogen) atoms. The Kier molecular flexibility index (Phi) is 3.76. The molecule has 0 radical (unpaired) electrons. The van der Waals surface area contributed by atoms with Crippen molar-refractivity contribution in [2.45, 2.75) is 6.92 Å². The molecule has 0 fully saturated rings. The lowest BCUT2D eigenvalue weighted by molar-refractivity contribution is 0.340. The predicted octanol–water partition coefficient (Wildman–Crippen LogP) is 3.90. The highest BCUT2D eigenvalue weighted by molar-refractivity contribution is 5.66. The molecule has 0 saturated heterocycles. The molecule has 0 spiro atoms. The number of rotatable bonds is 3. The molecule has 2 nitrogen and oxygen atoms in total. The summed E-state index contributed by atoms with van der Waals surface area (Å²) >= 11 is 0. The van der Waals surface area contributed by atoms with E-state index in [0.717, 1.165) is 0 Å². The Labute approximate surface area is 109 Å². The average Bonchev–Trinajstić information content (AvgIpc) is 2.43. The van der Waals surface area contributed by atoms with Crippen LogP contribution in [-0.2, 0) is 0 Å². The Morgan fingerprint density at radius 2 is 1.74 bits per heavy atom. The van der Waals surface area contributed by atoms with Gasteiger partial charge in [0.1, 0.15) is 11.8 Å². The van der Waals surface area contributed by atoms with Crippen LogP contribution in [0.4, 0.5) is 8.78 Å². The monoisotopic (exact) mass is 259 g/mol. The van der Waals surface area contributed by atoms with Gasteiger partial charge in [-0.05, 0) is 36.8 Å². The second-order valence-electron chi connectivity index (χ2n) is 3.86. The molecular formula is C15H11F2NO. The van der Waals surface area contributed by atoms with E-state index in [4.69, 9.17) is 10.00 Å². The van der Waals surface area contributed by atoms with Gasteiger partial charge in [-0.15, -0.1) is 0 Å². The van der Waals surface area contributed by atoms with E-state index in [1.807, 2.05) is 6.92 Å². The Balaban J connectivity index is 2.42. The minimum Gasteiger partial charge on any atom is -0.494 e. The molecule has 2 aromatic carbocycles. The van der Waals surface area contributed by atoms with Crippen molar-refractivity contribution in [3.05, 3.63) is 53.6 Å². The summed E-state index contributed by atoms with van der Waals surface area (Å²) in [6.45, 7) is 2.41. The SMILES string of the molecule is CCOc1ccc(-c2ccc(C#N)c(F)c2F)cc1. The number of hydrogen-bond acceptors (Lipinski definition) is 2. The largest absolute Gasteiger partial charge is 0.494 e. The zero-order chi connectivity index (χ0) is 13.8. The molecule has 0 bridgehead atoms. The predicted molar refractivity (Wildman–Crippen MR) is 67.7 cm³/mol. The zero-order valence-electron chi connectivity index (χ0n) is 10.3. The number of benzene rings is 2. The first-order valence-corrected chi connectivity index (χ1v) is 5.78. The second-order valence-corrected chi connectivity index (χ2v) is 3.86. The van der Waals surface area contributed by atoms with E-state index >= 15 is 0 Å². The highest BCUT2D eigenvalue weighted by Crippen LogP contribution is 2.27. The topological polar surface area (TPSA) is 33.0 Å². The van der Waals surface area contributed by atoms with Gasteiger partial charge in [0.05, 0.1) is 12.2 Å². The summed E-state index contributed by atoms with van der Waals surface area (Å²) in [6.07, 6.45) is 0. The number of ether oxygens (including phenoxy) is 1. The van der Waals surface area contributed by atoms with Gasteiger partial charge < -0.3 is 4.74 Å². The van der Waals surface area contributed by atoms with Gasteiger partial charge in [-0.2, -0.15) is 5.26 Å². The fourth-order valence-electron chi connectivity index (χ4n) is 1.76. The van der Waals surface area contributed by atoms with E-state index in [1.54, 1.807) is 30.3 Å². The van der Waals surface area contributed by atoms with Crippen LogP contribution in [0.15, 0.2) is 36.4 Å². The van der Waals surface area contributed by atoms with E-state index in [9.17, 15) is 8.78 Å². The molecule has 0 aromatic heterocycles. The lowest BCUT2D eigenvalue weighted by atomic mass is 10.0. The van der Waals surface area contributed by atoms with Crippen LogP contribution in [0.5, 0.6) is 5.75 Å². The fourth-order valence-corrected chi connectivity index (χ4v) is 1.76. The third-order valence-electron chi connectivity index (χ3n) is 2.68. The van der Waals surface area contributed by atoms with E-state index in [-0.39, 0.29) is 11.1 Å². The lowest BCUT2D eigenvalue weighted by Gasteiger charge is -2.07. The summed E-state index contributed by atoms with van der Waals surface area (Å²) in [7, 11) is 0. The normalized spacial score (nSPS) is 10.0. The van der Waals surface area contributed by atoms with Crippen LogP contribution in [0, 0.1) is 23.0 Å². The highest BCUT2D eigenvalue weighted by Gasteiger charge is 2.14. The maximum atomic E-state index is 13.8. The molecule has 0 unspecified atom stereocenters. The first-order valence-electron chi connectivity index (χ1n) is 5.78. The van der Waals surface area contributed by atoms with Gasteiger partial charge in [0.15, 0.2) is 11.6 Å². The van der Waals surface area contributed by atoms with Crippen LogP contribution in [-0.4, -0.2) is 6.61 Å². The van der Waals surface area contributed by atoms with Gasteiger partial charge >= 0.3 is 0 Å². The first kappa shape index (κ1) is 13.0. The molecular weight excluding hydrogens is 248 g/mol. The standard InChI is InChI=1S/C15H11F2NO/c1-2-19-12-6-3-10(4-7-12)13-8-5-11(9-18)14(16)15(13)17/h3-8H,2H2,1H3. The molecule has 0 aliphatic carbocycles. The molecule has 0 heterocycles. The molecule has 0 amide bonds. The van der Waals surface area contributed by atoms with E-state index < -0.39 is 11.6 Å². The van der Waals surface area contributed by atoms with Gasteiger partial charge in [-0.25, -0.2) is 8.78 Å². The van der Waals surface area contributed by atoms with Crippen LogP contribution in [0.25, 0.3) is 11.1 Å². The van der Waals surface area contributed by atoms with Crippen LogP contribution >= 0.6 is 0 Å². The highest BCUT2D eigenvalue weighted by atomic mass is 19.2. The second kappa shape index (κ2) is 5.49. The third kappa shape index (κ3) is 2.55. The molecule has 0 atom stereocenters. The molecule has 0 aliphatic heterocycles. The summed E-state index contributed by atoms with van der Waals surface area (Å²) in [4.78, 5) is 0. The maximum Gasteiger partial charge on any atom is 0.177 e. The van der Waals surface area contributed by atoms with Crippen molar-refractivity contribution in [3.63, 3.8) is 0 Å². The molecule has 4 heteroatoms. The van der Waals surface area contributed by atoms with Crippen molar-refractivity contribution < 1.29 is 13.5 Å². The summed E-state index contributed by atoms with van der Waals surface area (Å²) in [5, 5.41) is 8.63. The number of nitrogens with zero attached hydrogens (tertiary/aromatic N) is 1. The lowest BCUT2D eigenvalue weighted by Crippen LogP contribution is -1.94. The number of hydrogen-bond donors (Lipinski definition) is 0. The first-order chi connectivity index (χ1) is 9.17. The Hall–Kier alpha value is -2.41. The van der Waals surface area contributed by atoms with Crippen LogP contribution < -0.4 is 4.74 Å². The van der Waals surface area contributed by atoms with E-state index in [1.165, 1.54) is 12.1 Å². The average molecular weight is 259 g/mol. The maximum absolute atomic E-state index is 13.8. The van der Waals surface area contributed by atoms with E-state index in [0.29, 0.717) is 17.9 Å². The molecule has 2 aromatic rings. The molecule has 96 valence electrons. The van der Waals surface area contributed by atoms with Crippen molar-refractivity contribution in [2.75, 3.05) is 6.61 Å². The van der Waals surface area contributed by atoms with Crippen molar-refractivity contribution in [3.8, 4) is 22.9 Å². The molecule has 0 aliphatic rings. The quantitative estimate of drug-likeness (QED) is 0.837. The van der Waals surface area contributed by atoms with Crippen LogP contribution in [0.3, 0.4) is 0 Å². The van der Waals surface area contributed by atoms with Gasteiger partial charge in [0, 0.05) is 5.56 Å². The summed E-state index contributed by atoms with van der Waals surface area (Å²) in [5.41, 5.74) is 0.357. The van der Waals surface area contributed by atoms with Gasteiger partial charge in [-0.1, -0.05) is 12.1 Å². The molecule has 0 saturated carbocycles. The minimum atomic E-state index is -1.12. The number of nitriles is 1. The van der Waals surface area contributed by atoms with Crippen molar-refractivity contribution in [1.29, 1.82) is 5.26 Å². The minimum absolute atomic E-state index is 0.125. The van der Waals surface area contributed by atoms with Crippen molar-refractivity contribution >= 4 is 0 Å². The number of halogens is 2. The summed E-state index contributed by atoms with van der Waals surface area (Å²) < 4.78 is 32.6. The Morgan fingerprint density at radius 1 is 1.05 bits per heavy atom. The van der Waals surface area contributed by atoms with Gasteiger partial charge in [-0.3, -0.25) is 0 Å². The summed E-state index contributed by atoms with van der Waals surface area (Å²) in [5.74, 6) is -1.46. The molecule has 0 N–H and O–H groups in total. The Bertz CT molecular complexity index is 630.